The van der Waals surface area contributed by atoms with E-state index in [1.54, 1.807) is 23.1 Å². The molecule has 4 nitrogen and oxygen atoms in total. The summed E-state index contributed by atoms with van der Waals surface area (Å²) >= 11 is 0. The molecule has 0 fully saturated rings. The molecular formula is C19H19FN2O2. The van der Waals surface area contributed by atoms with Crippen LogP contribution in [-0.2, 0) is 0 Å². The lowest BCUT2D eigenvalue weighted by Gasteiger charge is -2.28. The molecule has 0 N–H and O–H groups in total. The molecule has 0 aliphatic carbocycles. The number of nitriles is 1. The van der Waals surface area contributed by atoms with Crippen molar-refractivity contribution in [1.82, 2.24) is 4.90 Å². The molecule has 5 heteroatoms. The molecular weight excluding hydrogens is 307 g/mol. The van der Waals surface area contributed by atoms with Gasteiger partial charge in [0, 0.05) is 12.6 Å². The third-order valence-electron chi connectivity index (χ3n) is 4.00. The van der Waals surface area contributed by atoms with Gasteiger partial charge < -0.3 is 9.64 Å². The van der Waals surface area contributed by atoms with Gasteiger partial charge in [0.2, 0.25) is 0 Å². The molecule has 1 atom stereocenters. The number of ether oxygens (including phenoxy) is 1. The Morgan fingerprint density at radius 2 is 1.96 bits per heavy atom. The Hall–Kier alpha value is -2.87. The van der Waals surface area contributed by atoms with Gasteiger partial charge in [-0.2, -0.15) is 5.26 Å². The van der Waals surface area contributed by atoms with Crippen LogP contribution < -0.4 is 4.74 Å². The van der Waals surface area contributed by atoms with Gasteiger partial charge in [-0.05, 0) is 43.7 Å². The number of benzene rings is 2. The van der Waals surface area contributed by atoms with E-state index in [4.69, 9.17) is 10.00 Å². The molecule has 1 amide bonds. The van der Waals surface area contributed by atoms with E-state index in [-0.39, 0.29) is 17.5 Å². The third kappa shape index (κ3) is 3.54. The maximum Gasteiger partial charge on any atom is 0.257 e. The fourth-order valence-corrected chi connectivity index (χ4v) is 2.56. The van der Waals surface area contributed by atoms with E-state index in [2.05, 4.69) is 6.07 Å². The van der Waals surface area contributed by atoms with Crippen molar-refractivity contribution in [2.75, 3.05) is 13.7 Å². The fourth-order valence-electron chi connectivity index (χ4n) is 2.56. The van der Waals surface area contributed by atoms with Gasteiger partial charge in [0.05, 0.1) is 30.3 Å². The second-order valence-electron chi connectivity index (χ2n) is 5.35. The van der Waals surface area contributed by atoms with Gasteiger partial charge in [0.1, 0.15) is 11.6 Å². The first-order chi connectivity index (χ1) is 11.5. The third-order valence-corrected chi connectivity index (χ3v) is 4.00. The van der Waals surface area contributed by atoms with E-state index >= 15 is 0 Å². The summed E-state index contributed by atoms with van der Waals surface area (Å²) < 4.78 is 19.1. The number of halogens is 1. The van der Waals surface area contributed by atoms with Gasteiger partial charge in [-0.15, -0.1) is 0 Å². The second kappa shape index (κ2) is 7.60. The maximum absolute atomic E-state index is 14.2. The fraction of sp³-hybridized carbons (Fsp3) is 0.263. The zero-order valence-electron chi connectivity index (χ0n) is 13.9. The summed E-state index contributed by atoms with van der Waals surface area (Å²) in [6, 6.07) is 13.1. The average molecular weight is 326 g/mol. The summed E-state index contributed by atoms with van der Waals surface area (Å²) in [5, 5.41) is 8.87. The molecule has 124 valence electrons. The molecule has 0 saturated heterocycles. The van der Waals surface area contributed by atoms with E-state index in [1.807, 2.05) is 26.0 Å². The summed E-state index contributed by atoms with van der Waals surface area (Å²) in [6.07, 6.45) is 0. The number of methoxy groups -OCH3 is 1. The quantitative estimate of drug-likeness (QED) is 0.836. The summed E-state index contributed by atoms with van der Waals surface area (Å²) in [5.74, 6) is -0.619. The Balaban J connectivity index is 2.29. The van der Waals surface area contributed by atoms with Crippen molar-refractivity contribution in [3.63, 3.8) is 0 Å². The van der Waals surface area contributed by atoms with Gasteiger partial charge in [0.25, 0.3) is 5.91 Å². The Bertz CT molecular complexity index is 766. The van der Waals surface area contributed by atoms with Gasteiger partial charge in [-0.1, -0.05) is 12.1 Å². The largest absolute Gasteiger partial charge is 0.497 e. The van der Waals surface area contributed by atoms with Gasteiger partial charge in [-0.25, -0.2) is 4.39 Å². The van der Waals surface area contributed by atoms with Crippen LogP contribution in [0.15, 0.2) is 42.5 Å². The topological polar surface area (TPSA) is 53.3 Å². The van der Waals surface area contributed by atoms with Crippen molar-refractivity contribution < 1.29 is 13.9 Å². The zero-order chi connectivity index (χ0) is 17.7. The molecule has 2 aromatic carbocycles. The molecule has 0 aromatic heterocycles. The molecule has 0 radical (unpaired) electrons. The molecule has 0 bridgehead atoms. The average Bonchev–Trinajstić information content (AvgIpc) is 2.61. The van der Waals surface area contributed by atoms with E-state index in [1.165, 1.54) is 19.2 Å². The molecule has 2 rings (SSSR count). The molecule has 0 aliphatic heterocycles. The van der Waals surface area contributed by atoms with Gasteiger partial charge in [-0.3, -0.25) is 4.79 Å². The summed E-state index contributed by atoms with van der Waals surface area (Å²) in [5.41, 5.74) is 1.46. The summed E-state index contributed by atoms with van der Waals surface area (Å²) in [7, 11) is 1.45. The van der Waals surface area contributed by atoms with E-state index < -0.39 is 5.82 Å². The summed E-state index contributed by atoms with van der Waals surface area (Å²) in [4.78, 5) is 14.3. The first kappa shape index (κ1) is 17.5. The number of hydrogen-bond donors (Lipinski definition) is 0. The molecule has 2 aromatic rings. The Labute approximate surface area is 141 Å². The Morgan fingerprint density at radius 3 is 2.46 bits per heavy atom. The van der Waals surface area contributed by atoms with Crippen LogP contribution in [0.25, 0.3) is 0 Å². The van der Waals surface area contributed by atoms with E-state index in [0.717, 1.165) is 5.56 Å². The highest BCUT2D eigenvalue weighted by molar-refractivity contribution is 5.95. The van der Waals surface area contributed by atoms with Crippen molar-refractivity contribution in [3.05, 3.63) is 65.0 Å². The van der Waals surface area contributed by atoms with Gasteiger partial charge in [0.15, 0.2) is 0 Å². The van der Waals surface area contributed by atoms with Crippen molar-refractivity contribution in [1.29, 1.82) is 5.26 Å². The molecule has 24 heavy (non-hydrogen) atoms. The van der Waals surface area contributed by atoms with Crippen LogP contribution in [0.5, 0.6) is 5.75 Å². The zero-order valence-corrected chi connectivity index (χ0v) is 13.9. The van der Waals surface area contributed by atoms with E-state index in [9.17, 15) is 9.18 Å². The van der Waals surface area contributed by atoms with Crippen molar-refractivity contribution in [2.24, 2.45) is 0 Å². The number of amides is 1. The van der Waals surface area contributed by atoms with Crippen LogP contribution in [0, 0.1) is 17.1 Å². The Morgan fingerprint density at radius 1 is 1.29 bits per heavy atom. The first-order valence-corrected chi connectivity index (χ1v) is 7.66. The number of rotatable bonds is 5. The summed E-state index contributed by atoms with van der Waals surface area (Å²) in [6.45, 7) is 4.16. The lowest BCUT2D eigenvalue weighted by atomic mass is 10.0. The first-order valence-electron chi connectivity index (χ1n) is 7.66. The minimum absolute atomic E-state index is 0.0122. The van der Waals surface area contributed by atoms with Crippen molar-refractivity contribution >= 4 is 5.91 Å². The number of nitrogens with zero attached hydrogens (tertiary/aromatic N) is 2. The monoisotopic (exact) mass is 326 g/mol. The molecule has 0 aliphatic rings. The van der Waals surface area contributed by atoms with Gasteiger partial charge >= 0.3 is 0 Å². The predicted octanol–water partition coefficient (Wildman–Crippen LogP) is 3.93. The minimum atomic E-state index is -0.607. The number of carbonyl (C=O) groups is 1. The minimum Gasteiger partial charge on any atom is -0.497 e. The number of carbonyl (C=O) groups excluding carboxylic acids is 1. The van der Waals surface area contributed by atoms with E-state index in [0.29, 0.717) is 17.9 Å². The van der Waals surface area contributed by atoms with Crippen molar-refractivity contribution in [2.45, 2.75) is 19.9 Å². The molecule has 1 unspecified atom stereocenters. The SMILES string of the molecule is CCN(C(=O)c1ccc(OC)cc1F)C(C)c1ccc(C#N)cc1. The van der Waals surface area contributed by atoms with Crippen LogP contribution in [0.3, 0.4) is 0 Å². The molecule has 0 spiro atoms. The van der Waals surface area contributed by atoms with Crippen LogP contribution >= 0.6 is 0 Å². The maximum atomic E-state index is 14.2. The predicted molar refractivity (Wildman–Crippen MR) is 89.2 cm³/mol. The highest BCUT2D eigenvalue weighted by Gasteiger charge is 2.24. The van der Waals surface area contributed by atoms with Crippen molar-refractivity contribution in [3.8, 4) is 11.8 Å². The van der Waals surface area contributed by atoms with Crippen LogP contribution in [0.1, 0.15) is 41.4 Å². The normalized spacial score (nSPS) is 11.5. The smallest absolute Gasteiger partial charge is 0.257 e. The molecule has 0 saturated carbocycles. The lowest BCUT2D eigenvalue weighted by molar-refractivity contribution is 0.0697. The molecule has 0 heterocycles. The number of hydrogen-bond acceptors (Lipinski definition) is 3. The standard InChI is InChI=1S/C19H19FN2O2/c1-4-22(13(2)15-7-5-14(12-21)6-8-15)19(23)17-10-9-16(24-3)11-18(17)20/h5-11,13H,4H2,1-3H3. The lowest BCUT2D eigenvalue weighted by Crippen LogP contribution is -2.34. The van der Waals surface area contributed by atoms with Crippen LogP contribution in [0.4, 0.5) is 4.39 Å². The van der Waals surface area contributed by atoms with Crippen LogP contribution in [-0.4, -0.2) is 24.5 Å². The highest BCUT2D eigenvalue weighted by atomic mass is 19.1. The van der Waals surface area contributed by atoms with Crippen LogP contribution in [0.2, 0.25) is 0 Å². The highest BCUT2D eigenvalue weighted by Crippen LogP contribution is 2.24. The second-order valence-corrected chi connectivity index (χ2v) is 5.35. The Kier molecular flexibility index (Phi) is 5.54.